The van der Waals surface area contributed by atoms with Crippen molar-refractivity contribution in [3.05, 3.63) is 0 Å². The number of hydrogen-bond acceptors (Lipinski definition) is 2. The summed E-state index contributed by atoms with van der Waals surface area (Å²) in [7, 11) is 0. The van der Waals surface area contributed by atoms with Gasteiger partial charge in [0.2, 0.25) is 0 Å². The van der Waals surface area contributed by atoms with Gasteiger partial charge in [-0.15, -0.1) is 0 Å². The molecule has 2 aliphatic carbocycles. The highest BCUT2D eigenvalue weighted by Crippen LogP contribution is 2.39. The Balaban J connectivity index is 1.47. The van der Waals surface area contributed by atoms with E-state index in [1.165, 1.54) is 25.7 Å². The molecule has 0 amide bonds. The molecular formula is C17H27F3O2. The minimum Gasteiger partial charge on any atom is -0.352 e. The van der Waals surface area contributed by atoms with Crippen LogP contribution in [0.15, 0.2) is 0 Å². The third-order valence-electron chi connectivity index (χ3n) is 5.81. The van der Waals surface area contributed by atoms with Crippen LogP contribution in [0.5, 0.6) is 0 Å². The maximum atomic E-state index is 13.5. The summed E-state index contributed by atoms with van der Waals surface area (Å²) >= 11 is 0. The molecule has 22 heavy (non-hydrogen) atoms. The van der Waals surface area contributed by atoms with Gasteiger partial charge in [-0.2, -0.15) is 0 Å². The van der Waals surface area contributed by atoms with Crippen molar-refractivity contribution < 1.29 is 22.6 Å². The molecular weight excluding hydrogens is 293 g/mol. The van der Waals surface area contributed by atoms with Crippen molar-refractivity contribution >= 4 is 0 Å². The van der Waals surface area contributed by atoms with Crippen LogP contribution in [0.25, 0.3) is 0 Å². The first-order valence-corrected chi connectivity index (χ1v) is 8.70. The molecule has 0 aromatic heterocycles. The molecule has 1 heterocycles. The summed E-state index contributed by atoms with van der Waals surface area (Å²) < 4.78 is 51.8. The zero-order chi connectivity index (χ0) is 15.7. The highest BCUT2D eigenvalue weighted by atomic mass is 19.2. The quantitative estimate of drug-likeness (QED) is 0.758. The average molecular weight is 320 g/mol. The van der Waals surface area contributed by atoms with Crippen molar-refractivity contribution in [1.82, 2.24) is 0 Å². The van der Waals surface area contributed by atoms with Crippen LogP contribution in [0.1, 0.15) is 45.4 Å². The van der Waals surface area contributed by atoms with Crippen LogP contribution >= 0.6 is 0 Å². The van der Waals surface area contributed by atoms with Crippen molar-refractivity contribution in [2.75, 3.05) is 13.2 Å². The summed E-state index contributed by atoms with van der Waals surface area (Å²) in [5.41, 5.74) is 0. The Morgan fingerprint density at radius 2 is 1.27 bits per heavy atom. The van der Waals surface area contributed by atoms with Crippen LogP contribution in [-0.2, 0) is 9.47 Å². The van der Waals surface area contributed by atoms with E-state index < -0.39 is 24.8 Å². The second kappa shape index (κ2) is 7.08. The monoisotopic (exact) mass is 320 g/mol. The molecule has 0 aromatic carbocycles. The lowest BCUT2D eigenvalue weighted by Crippen LogP contribution is -2.46. The number of rotatable bonds is 2. The summed E-state index contributed by atoms with van der Waals surface area (Å²) in [6.07, 6.45) is -1.08. The van der Waals surface area contributed by atoms with Gasteiger partial charge in [0.15, 0.2) is 12.5 Å². The van der Waals surface area contributed by atoms with Crippen molar-refractivity contribution in [2.24, 2.45) is 23.7 Å². The molecule has 0 aromatic rings. The van der Waals surface area contributed by atoms with Gasteiger partial charge in [-0.25, -0.2) is 13.2 Å². The van der Waals surface area contributed by atoms with E-state index in [2.05, 4.69) is 6.92 Å². The fourth-order valence-electron chi connectivity index (χ4n) is 4.22. The lowest BCUT2D eigenvalue weighted by atomic mass is 9.76. The van der Waals surface area contributed by atoms with E-state index in [1.54, 1.807) is 0 Å². The largest absolute Gasteiger partial charge is 0.352 e. The SMILES string of the molecule is CC1CCC(C2COC(C3CC(F)C(F)[C@@H](F)C3)OC2)CC1. The Morgan fingerprint density at radius 3 is 1.82 bits per heavy atom. The second-order valence-corrected chi connectivity index (χ2v) is 7.52. The average Bonchev–Trinajstić information content (AvgIpc) is 2.53. The maximum absolute atomic E-state index is 13.5. The van der Waals surface area contributed by atoms with Crippen molar-refractivity contribution in [3.63, 3.8) is 0 Å². The molecule has 128 valence electrons. The first kappa shape index (κ1) is 16.6. The van der Waals surface area contributed by atoms with Crippen LogP contribution < -0.4 is 0 Å². The smallest absolute Gasteiger partial charge is 0.162 e. The molecule has 2 saturated carbocycles. The molecule has 1 saturated heterocycles. The van der Waals surface area contributed by atoms with Crippen LogP contribution in [-0.4, -0.2) is 38.0 Å². The molecule has 0 spiro atoms. The Bertz CT molecular complexity index is 340. The fourth-order valence-corrected chi connectivity index (χ4v) is 4.22. The lowest BCUT2D eigenvalue weighted by Gasteiger charge is -2.41. The summed E-state index contributed by atoms with van der Waals surface area (Å²) in [5.74, 6) is 1.47. The van der Waals surface area contributed by atoms with Crippen LogP contribution in [0, 0.1) is 23.7 Å². The Morgan fingerprint density at radius 1 is 0.727 bits per heavy atom. The van der Waals surface area contributed by atoms with Gasteiger partial charge in [0.05, 0.1) is 13.2 Å². The molecule has 3 fully saturated rings. The molecule has 1 aliphatic heterocycles. The first-order chi connectivity index (χ1) is 10.5. The molecule has 2 nitrogen and oxygen atoms in total. The van der Waals surface area contributed by atoms with E-state index in [9.17, 15) is 13.2 Å². The highest BCUT2D eigenvalue weighted by molar-refractivity contribution is 4.89. The minimum absolute atomic E-state index is 0.00212. The van der Waals surface area contributed by atoms with Gasteiger partial charge in [-0.05, 0) is 37.5 Å². The van der Waals surface area contributed by atoms with Crippen LogP contribution in [0.2, 0.25) is 0 Å². The number of ether oxygens (including phenoxy) is 2. The Labute approximate surface area is 130 Å². The van der Waals surface area contributed by atoms with Crippen molar-refractivity contribution in [3.8, 4) is 0 Å². The van der Waals surface area contributed by atoms with E-state index in [4.69, 9.17) is 9.47 Å². The molecule has 5 heteroatoms. The fraction of sp³-hybridized carbons (Fsp3) is 1.00. The summed E-state index contributed by atoms with van der Waals surface area (Å²) in [6.45, 7) is 3.50. The number of alkyl halides is 3. The van der Waals surface area contributed by atoms with Gasteiger partial charge in [0.25, 0.3) is 0 Å². The summed E-state index contributed by atoms with van der Waals surface area (Å²) in [6, 6.07) is 0. The summed E-state index contributed by atoms with van der Waals surface area (Å²) in [4.78, 5) is 0. The third-order valence-corrected chi connectivity index (χ3v) is 5.81. The van der Waals surface area contributed by atoms with Crippen LogP contribution in [0.4, 0.5) is 13.2 Å². The second-order valence-electron chi connectivity index (χ2n) is 7.52. The van der Waals surface area contributed by atoms with Gasteiger partial charge in [-0.3, -0.25) is 0 Å². The molecule has 0 N–H and O–H groups in total. The van der Waals surface area contributed by atoms with Gasteiger partial charge in [-0.1, -0.05) is 19.8 Å². The van der Waals surface area contributed by atoms with Gasteiger partial charge in [0.1, 0.15) is 12.3 Å². The van der Waals surface area contributed by atoms with E-state index in [0.717, 1.165) is 5.92 Å². The number of halogens is 3. The molecule has 3 unspecified atom stereocenters. The molecule has 4 atom stereocenters. The summed E-state index contributed by atoms with van der Waals surface area (Å²) in [5, 5.41) is 0. The number of hydrogen-bond donors (Lipinski definition) is 0. The first-order valence-electron chi connectivity index (χ1n) is 8.70. The standard InChI is InChI=1S/C17H27F3O2/c1-10-2-4-11(5-3-10)13-8-21-17(22-9-13)12-6-14(18)16(20)15(19)7-12/h10-17H,2-9H2,1H3/t10?,11?,12?,13?,14-,15?,16?,17?/m0/s1. The lowest BCUT2D eigenvalue weighted by molar-refractivity contribution is -0.243. The zero-order valence-electron chi connectivity index (χ0n) is 13.2. The van der Waals surface area contributed by atoms with Crippen LogP contribution in [0.3, 0.4) is 0 Å². The predicted molar refractivity (Wildman–Crippen MR) is 77.7 cm³/mol. The van der Waals surface area contributed by atoms with Crippen molar-refractivity contribution in [2.45, 2.75) is 70.3 Å². The topological polar surface area (TPSA) is 18.5 Å². The molecule has 0 radical (unpaired) electrons. The Kier molecular flexibility index (Phi) is 5.33. The highest BCUT2D eigenvalue weighted by Gasteiger charge is 2.43. The maximum Gasteiger partial charge on any atom is 0.162 e. The molecule has 3 aliphatic rings. The normalized spacial score (nSPS) is 50.7. The van der Waals surface area contributed by atoms with E-state index in [0.29, 0.717) is 25.0 Å². The van der Waals surface area contributed by atoms with Gasteiger partial charge < -0.3 is 9.47 Å². The van der Waals surface area contributed by atoms with E-state index in [1.807, 2.05) is 0 Å². The Hall–Kier alpha value is -0.290. The van der Waals surface area contributed by atoms with E-state index in [-0.39, 0.29) is 18.8 Å². The van der Waals surface area contributed by atoms with Crippen molar-refractivity contribution in [1.29, 1.82) is 0 Å². The van der Waals surface area contributed by atoms with E-state index >= 15 is 0 Å². The minimum atomic E-state index is -1.99. The van der Waals surface area contributed by atoms with Gasteiger partial charge in [0, 0.05) is 11.8 Å². The molecule has 3 rings (SSSR count). The predicted octanol–water partition coefficient (Wildman–Crippen LogP) is 4.23. The third kappa shape index (κ3) is 3.61. The van der Waals surface area contributed by atoms with Gasteiger partial charge >= 0.3 is 0 Å². The molecule has 0 bridgehead atoms. The zero-order valence-corrected chi connectivity index (χ0v) is 13.2.